The van der Waals surface area contributed by atoms with Gasteiger partial charge in [-0.05, 0) is 49.0 Å². The third-order valence-electron chi connectivity index (χ3n) is 5.48. The number of nitriles is 1. The minimum absolute atomic E-state index is 0.0970. The first-order valence-electron chi connectivity index (χ1n) is 9.31. The SMILES string of the molecule is N#Cc1cccc(N2C(=S)N[C@@H]3[C@@H](O)[C@H](O)C[C@H](C(=O)Nc4ccccc4)[C@H]32)c1. The highest BCUT2D eigenvalue weighted by molar-refractivity contribution is 7.80. The summed E-state index contributed by atoms with van der Waals surface area (Å²) in [5.41, 5.74) is 1.78. The summed E-state index contributed by atoms with van der Waals surface area (Å²) in [7, 11) is 0. The molecule has 8 heteroatoms. The van der Waals surface area contributed by atoms with Crippen molar-refractivity contribution in [1.29, 1.82) is 5.26 Å². The fraction of sp³-hybridized carbons (Fsp3) is 0.286. The van der Waals surface area contributed by atoms with E-state index in [1.54, 1.807) is 41.3 Å². The van der Waals surface area contributed by atoms with Crippen molar-refractivity contribution < 1.29 is 15.0 Å². The molecule has 2 aromatic rings. The summed E-state index contributed by atoms with van der Waals surface area (Å²) in [6, 6.07) is 17.0. The van der Waals surface area contributed by atoms with Crippen LogP contribution in [0.3, 0.4) is 0 Å². The van der Waals surface area contributed by atoms with Crippen LogP contribution in [-0.4, -0.2) is 45.5 Å². The van der Waals surface area contributed by atoms with E-state index in [0.29, 0.717) is 22.1 Å². The number of hydrogen-bond acceptors (Lipinski definition) is 5. The van der Waals surface area contributed by atoms with E-state index in [2.05, 4.69) is 16.7 Å². The summed E-state index contributed by atoms with van der Waals surface area (Å²) in [6.07, 6.45) is -2.02. The quantitative estimate of drug-likeness (QED) is 0.568. The molecule has 1 aliphatic heterocycles. The Morgan fingerprint density at radius 3 is 2.69 bits per heavy atom. The van der Waals surface area contributed by atoms with Crippen LogP contribution in [0, 0.1) is 17.2 Å². The van der Waals surface area contributed by atoms with Gasteiger partial charge < -0.3 is 25.7 Å². The third-order valence-corrected chi connectivity index (χ3v) is 5.79. The van der Waals surface area contributed by atoms with Gasteiger partial charge in [0.1, 0.15) is 6.10 Å². The maximum absolute atomic E-state index is 13.1. The van der Waals surface area contributed by atoms with Crippen LogP contribution in [0.15, 0.2) is 54.6 Å². The van der Waals surface area contributed by atoms with Crippen LogP contribution in [0.4, 0.5) is 11.4 Å². The lowest BCUT2D eigenvalue weighted by Crippen LogP contribution is -2.60. The Morgan fingerprint density at radius 1 is 1.21 bits per heavy atom. The molecule has 2 aromatic carbocycles. The van der Waals surface area contributed by atoms with Crippen LogP contribution < -0.4 is 15.5 Å². The van der Waals surface area contributed by atoms with E-state index in [4.69, 9.17) is 12.2 Å². The molecule has 29 heavy (non-hydrogen) atoms. The lowest BCUT2D eigenvalue weighted by Gasteiger charge is -2.41. The van der Waals surface area contributed by atoms with E-state index in [0.717, 1.165) is 0 Å². The first-order chi connectivity index (χ1) is 14.0. The molecule has 1 heterocycles. The van der Waals surface area contributed by atoms with Gasteiger partial charge in [0, 0.05) is 11.4 Å². The normalized spacial score (nSPS) is 28.2. The van der Waals surface area contributed by atoms with Crippen LogP contribution in [0.2, 0.25) is 0 Å². The van der Waals surface area contributed by atoms with Crippen LogP contribution in [0.25, 0.3) is 0 Å². The number of nitrogens with one attached hydrogen (secondary N) is 2. The number of thiocarbonyl (C=S) groups is 1. The van der Waals surface area contributed by atoms with Gasteiger partial charge in [-0.25, -0.2) is 0 Å². The number of aliphatic hydroxyl groups excluding tert-OH is 2. The summed E-state index contributed by atoms with van der Waals surface area (Å²) in [5.74, 6) is -0.887. The Balaban J connectivity index is 1.69. The number of anilines is 2. The molecule has 1 amide bonds. The summed E-state index contributed by atoms with van der Waals surface area (Å²) in [6.45, 7) is 0. The van der Waals surface area contributed by atoms with Crippen molar-refractivity contribution in [3.63, 3.8) is 0 Å². The Bertz CT molecular complexity index is 977. The molecule has 4 N–H and O–H groups in total. The van der Waals surface area contributed by atoms with E-state index in [1.807, 2.05) is 18.2 Å². The van der Waals surface area contributed by atoms with E-state index >= 15 is 0 Å². The molecule has 148 valence electrons. The molecule has 7 nitrogen and oxygen atoms in total. The molecule has 0 aromatic heterocycles. The number of fused-ring (bicyclic) bond motifs is 1. The number of para-hydroxylation sites is 1. The zero-order valence-corrected chi connectivity index (χ0v) is 16.2. The summed E-state index contributed by atoms with van der Waals surface area (Å²) < 4.78 is 0. The van der Waals surface area contributed by atoms with Crippen molar-refractivity contribution >= 4 is 34.6 Å². The number of carbonyl (C=O) groups is 1. The van der Waals surface area contributed by atoms with Gasteiger partial charge in [0.25, 0.3) is 0 Å². The number of carbonyl (C=O) groups excluding carboxylic acids is 1. The summed E-state index contributed by atoms with van der Waals surface area (Å²) in [4.78, 5) is 14.9. The van der Waals surface area contributed by atoms with Crippen LogP contribution in [0.5, 0.6) is 0 Å². The minimum Gasteiger partial charge on any atom is -0.390 e. The molecule has 0 radical (unpaired) electrons. The van der Waals surface area contributed by atoms with Crippen LogP contribution >= 0.6 is 12.2 Å². The van der Waals surface area contributed by atoms with Crippen molar-refractivity contribution in [2.24, 2.45) is 5.92 Å². The van der Waals surface area contributed by atoms with Gasteiger partial charge in [-0.2, -0.15) is 5.26 Å². The zero-order chi connectivity index (χ0) is 20.5. The molecule has 2 fully saturated rings. The largest absolute Gasteiger partial charge is 0.390 e. The Hall–Kier alpha value is -2.99. The molecule has 0 bridgehead atoms. The minimum atomic E-state index is -1.07. The highest BCUT2D eigenvalue weighted by atomic mass is 32.1. The van der Waals surface area contributed by atoms with Gasteiger partial charge in [-0.1, -0.05) is 24.3 Å². The highest BCUT2D eigenvalue weighted by Crippen LogP contribution is 2.37. The van der Waals surface area contributed by atoms with Crippen molar-refractivity contribution in [2.75, 3.05) is 10.2 Å². The average molecular weight is 408 g/mol. The number of hydrogen-bond donors (Lipinski definition) is 4. The van der Waals surface area contributed by atoms with Crippen molar-refractivity contribution in [2.45, 2.75) is 30.7 Å². The Labute approximate surface area is 173 Å². The predicted octanol–water partition coefficient (Wildman–Crippen LogP) is 1.37. The molecule has 0 unspecified atom stereocenters. The monoisotopic (exact) mass is 408 g/mol. The molecule has 5 atom stereocenters. The second kappa shape index (κ2) is 7.79. The molecule has 1 saturated heterocycles. The Kier molecular flexibility index (Phi) is 5.20. The second-order valence-electron chi connectivity index (χ2n) is 7.25. The van der Waals surface area contributed by atoms with Gasteiger partial charge in [-0.3, -0.25) is 4.79 Å². The van der Waals surface area contributed by atoms with Gasteiger partial charge in [0.2, 0.25) is 5.91 Å². The molecule has 0 spiro atoms. The first-order valence-corrected chi connectivity index (χ1v) is 9.72. The standard InChI is InChI=1S/C21H20N4O3S/c22-11-12-5-4-8-14(9-12)25-18-15(20(28)23-13-6-2-1-3-7-13)10-16(26)19(27)17(18)24-21(25)29/h1-9,15-19,26-27H,10H2,(H,23,28)(H,24,29)/t15-,16+,17-,18+,19-/m0/s1. The number of benzene rings is 2. The predicted molar refractivity (Wildman–Crippen MR) is 112 cm³/mol. The first kappa shape index (κ1) is 19.3. The van der Waals surface area contributed by atoms with E-state index < -0.39 is 30.2 Å². The van der Waals surface area contributed by atoms with Crippen LogP contribution in [0.1, 0.15) is 12.0 Å². The van der Waals surface area contributed by atoms with Gasteiger partial charge in [0.15, 0.2) is 5.11 Å². The topological polar surface area (TPSA) is 109 Å². The lowest BCUT2D eigenvalue weighted by atomic mass is 9.77. The lowest BCUT2D eigenvalue weighted by molar-refractivity contribution is -0.126. The highest BCUT2D eigenvalue weighted by Gasteiger charge is 2.54. The molecule has 1 saturated carbocycles. The Morgan fingerprint density at radius 2 is 1.97 bits per heavy atom. The second-order valence-corrected chi connectivity index (χ2v) is 7.64. The smallest absolute Gasteiger partial charge is 0.229 e. The molecular weight excluding hydrogens is 388 g/mol. The van der Waals surface area contributed by atoms with Crippen LogP contribution in [-0.2, 0) is 4.79 Å². The fourth-order valence-corrected chi connectivity index (χ4v) is 4.49. The number of nitrogens with zero attached hydrogens (tertiary/aromatic N) is 2. The van der Waals surface area contributed by atoms with Gasteiger partial charge >= 0.3 is 0 Å². The van der Waals surface area contributed by atoms with Crippen molar-refractivity contribution in [3.8, 4) is 6.07 Å². The average Bonchev–Trinajstić information content (AvgIpc) is 3.08. The molecule has 1 aliphatic carbocycles. The van der Waals surface area contributed by atoms with Gasteiger partial charge in [0.05, 0.1) is 35.7 Å². The number of amides is 1. The molecule has 4 rings (SSSR count). The third kappa shape index (κ3) is 3.56. The van der Waals surface area contributed by atoms with E-state index in [9.17, 15) is 20.3 Å². The summed E-state index contributed by atoms with van der Waals surface area (Å²) in [5, 5.41) is 36.4. The maximum atomic E-state index is 13.1. The number of aliphatic hydroxyl groups is 2. The fourth-order valence-electron chi connectivity index (χ4n) is 4.12. The van der Waals surface area contributed by atoms with E-state index in [1.165, 1.54) is 0 Å². The molecular formula is C21H20N4O3S. The maximum Gasteiger partial charge on any atom is 0.229 e. The number of rotatable bonds is 3. The molecule has 2 aliphatic rings. The zero-order valence-electron chi connectivity index (χ0n) is 15.4. The van der Waals surface area contributed by atoms with Gasteiger partial charge in [-0.15, -0.1) is 0 Å². The van der Waals surface area contributed by atoms with Crippen molar-refractivity contribution in [1.82, 2.24) is 5.32 Å². The van der Waals surface area contributed by atoms with Crippen molar-refractivity contribution in [3.05, 3.63) is 60.2 Å². The van der Waals surface area contributed by atoms with E-state index in [-0.39, 0.29) is 12.3 Å². The summed E-state index contributed by atoms with van der Waals surface area (Å²) >= 11 is 5.48.